The molecule has 0 aliphatic heterocycles. The Morgan fingerprint density at radius 3 is 2.43 bits per heavy atom. The van der Waals surface area contributed by atoms with Crippen LogP contribution in [0.3, 0.4) is 0 Å². The summed E-state index contributed by atoms with van der Waals surface area (Å²) in [6.07, 6.45) is -2.32. The Labute approximate surface area is 131 Å². The summed E-state index contributed by atoms with van der Waals surface area (Å²) in [6.45, 7) is 2.72. The Bertz CT molecular complexity index is 445. The van der Waals surface area contributed by atoms with Crippen LogP contribution in [0.2, 0.25) is 0 Å². The fourth-order valence-electron chi connectivity index (χ4n) is 1.81. The van der Waals surface area contributed by atoms with Crippen LogP contribution >= 0.6 is 15.9 Å². The molecule has 1 unspecified atom stereocenters. The van der Waals surface area contributed by atoms with Crippen LogP contribution in [0.25, 0.3) is 0 Å². The summed E-state index contributed by atoms with van der Waals surface area (Å²) in [4.78, 5) is 11.7. The molecule has 0 aromatic heterocycles. The van der Waals surface area contributed by atoms with Gasteiger partial charge in [-0.15, -0.1) is 0 Å². The Morgan fingerprint density at radius 1 is 1.29 bits per heavy atom. The minimum absolute atomic E-state index is 0.103. The Kier molecular flexibility index (Phi) is 7.22. The number of halogens is 4. The van der Waals surface area contributed by atoms with E-state index in [4.69, 9.17) is 0 Å². The molecule has 0 radical (unpaired) electrons. The Morgan fingerprint density at radius 2 is 1.90 bits per heavy atom. The van der Waals surface area contributed by atoms with E-state index in [9.17, 15) is 18.0 Å². The monoisotopic (exact) mass is 365 g/mol. The largest absolute Gasteiger partial charge is 0.416 e. The molecule has 118 valence electrons. The molecule has 1 atom stereocenters. The highest BCUT2D eigenvalue weighted by molar-refractivity contribution is 9.09. The first-order valence-corrected chi connectivity index (χ1v) is 7.94. The molecule has 0 aliphatic carbocycles. The fraction of sp³-hybridized carbons (Fsp3) is 0.533. The molecular weight excluding hydrogens is 347 g/mol. The first-order chi connectivity index (χ1) is 9.82. The van der Waals surface area contributed by atoms with Crippen LogP contribution in [0.15, 0.2) is 24.3 Å². The zero-order valence-electron chi connectivity index (χ0n) is 11.8. The van der Waals surface area contributed by atoms with Crippen molar-refractivity contribution in [2.45, 2.75) is 32.4 Å². The second kappa shape index (κ2) is 8.41. The van der Waals surface area contributed by atoms with Gasteiger partial charge in [-0.2, -0.15) is 13.2 Å². The molecule has 0 spiro atoms. The van der Waals surface area contributed by atoms with Crippen molar-refractivity contribution in [1.29, 1.82) is 0 Å². The molecule has 0 heterocycles. The van der Waals surface area contributed by atoms with Crippen LogP contribution in [0, 0.1) is 5.92 Å². The molecule has 1 rings (SSSR count). The maximum atomic E-state index is 12.4. The molecule has 0 saturated heterocycles. The van der Waals surface area contributed by atoms with E-state index in [-0.39, 0.29) is 12.3 Å². The molecule has 21 heavy (non-hydrogen) atoms. The normalized spacial score (nSPS) is 13.0. The molecule has 1 aromatic carbocycles. The smallest absolute Gasteiger partial charge is 0.356 e. The summed E-state index contributed by atoms with van der Waals surface area (Å²) in [5, 5.41) is 3.72. The molecule has 0 aliphatic rings. The van der Waals surface area contributed by atoms with Gasteiger partial charge in [-0.25, -0.2) is 0 Å². The number of benzene rings is 1. The SMILES string of the molecule is CC(CBr)CCCNC(=O)Cc1ccc(C(F)(F)F)cc1. The summed E-state index contributed by atoms with van der Waals surface area (Å²) in [6, 6.07) is 4.69. The van der Waals surface area contributed by atoms with Crippen LogP contribution in [-0.2, 0) is 17.4 Å². The highest BCUT2D eigenvalue weighted by atomic mass is 79.9. The van der Waals surface area contributed by atoms with Crippen molar-refractivity contribution in [1.82, 2.24) is 5.32 Å². The highest BCUT2D eigenvalue weighted by Gasteiger charge is 2.29. The van der Waals surface area contributed by atoms with E-state index >= 15 is 0 Å². The van der Waals surface area contributed by atoms with Crippen molar-refractivity contribution in [3.63, 3.8) is 0 Å². The van der Waals surface area contributed by atoms with Gasteiger partial charge in [-0.05, 0) is 36.5 Å². The second-order valence-corrected chi connectivity index (χ2v) is 5.77. The lowest BCUT2D eigenvalue weighted by Crippen LogP contribution is -2.26. The predicted octanol–water partition coefficient (Wildman–Crippen LogP) is 4.18. The highest BCUT2D eigenvalue weighted by Crippen LogP contribution is 2.29. The average molecular weight is 366 g/mol. The summed E-state index contributed by atoms with van der Waals surface area (Å²) >= 11 is 3.39. The van der Waals surface area contributed by atoms with Gasteiger partial charge in [0.15, 0.2) is 0 Å². The van der Waals surface area contributed by atoms with Crippen LogP contribution in [0.5, 0.6) is 0 Å². The van der Waals surface area contributed by atoms with Crippen LogP contribution in [-0.4, -0.2) is 17.8 Å². The Hall–Kier alpha value is -1.04. The van der Waals surface area contributed by atoms with Crippen molar-refractivity contribution in [3.8, 4) is 0 Å². The number of alkyl halides is 4. The van der Waals surface area contributed by atoms with E-state index in [1.807, 2.05) is 0 Å². The van der Waals surface area contributed by atoms with Crippen molar-refractivity contribution >= 4 is 21.8 Å². The summed E-state index contributed by atoms with van der Waals surface area (Å²) < 4.78 is 37.2. The molecule has 1 amide bonds. The van der Waals surface area contributed by atoms with Crippen LogP contribution in [0.1, 0.15) is 30.9 Å². The van der Waals surface area contributed by atoms with Gasteiger partial charge in [0.2, 0.25) is 5.91 Å². The molecule has 1 N–H and O–H groups in total. The molecule has 0 bridgehead atoms. The van der Waals surface area contributed by atoms with Gasteiger partial charge in [0.1, 0.15) is 0 Å². The lowest BCUT2D eigenvalue weighted by molar-refractivity contribution is -0.137. The summed E-state index contributed by atoms with van der Waals surface area (Å²) in [5.74, 6) is 0.401. The maximum Gasteiger partial charge on any atom is 0.416 e. The standard InChI is InChI=1S/C15H19BrF3NO/c1-11(10-16)3-2-8-20-14(21)9-12-4-6-13(7-5-12)15(17,18)19/h4-7,11H,2-3,8-10H2,1H3,(H,20,21). The first kappa shape index (κ1) is 18.0. The minimum Gasteiger partial charge on any atom is -0.356 e. The molecule has 0 saturated carbocycles. The van der Waals surface area contributed by atoms with Gasteiger partial charge < -0.3 is 5.32 Å². The van der Waals surface area contributed by atoms with Crippen LogP contribution < -0.4 is 5.32 Å². The van der Waals surface area contributed by atoms with E-state index in [1.165, 1.54) is 12.1 Å². The number of carbonyl (C=O) groups excluding carboxylic acids is 1. The first-order valence-electron chi connectivity index (χ1n) is 6.81. The fourth-order valence-corrected chi connectivity index (χ4v) is 2.14. The lowest BCUT2D eigenvalue weighted by Gasteiger charge is -2.09. The Balaban J connectivity index is 2.35. The maximum absolute atomic E-state index is 12.4. The summed E-state index contributed by atoms with van der Waals surface area (Å²) in [5.41, 5.74) is -0.121. The zero-order valence-corrected chi connectivity index (χ0v) is 13.4. The van der Waals surface area contributed by atoms with Gasteiger partial charge in [-0.1, -0.05) is 35.0 Å². The second-order valence-electron chi connectivity index (χ2n) is 5.12. The number of amides is 1. The van der Waals surface area contributed by atoms with E-state index in [2.05, 4.69) is 28.2 Å². The third-order valence-electron chi connectivity index (χ3n) is 3.11. The van der Waals surface area contributed by atoms with Gasteiger partial charge in [0, 0.05) is 11.9 Å². The predicted molar refractivity (Wildman–Crippen MR) is 80.3 cm³/mol. The van der Waals surface area contributed by atoms with E-state index in [0.717, 1.165) is 30.3 Å². The van der Waals surface area contributed by atoms with E-state index in [0.29, 0.717) is 18.0 Å². The molecule has 2 nitrogen and oxygen atoms in total. The van der Waals surface area contributed by atoms with Crippen molar-refractivity contribution < 1.29 is 18.0 Å². The molecular formula is C15H19BrF3NO. The zero-order chi connectivity index (χ0) is 15.9. The number of nitrogens with one attached hydrogen (secondary N) is 1. The van der Waals surface area contributed by atoms with Gasteiger partial charge in [0.25, 0.3) is 0 Å². The molecule has 0 fully saturated rings. The number of rotatable bonds is 7. The van der Waals surface area contributed by atoms with Crippen molar-refractivity contribution in [3.05, 3.63) is 35.4 Å². The number of hydrogen-bond acceptors (Lipinski definition) is 1. The summed E-state index contributed by atoms with van der Waals surface area (Å²) in [7, 11) is 0. The van der Waals surface area contributed by atoms with Gasteiger partial charge >= 0.3 is 6.18 Å². The average Bonchev–Trinajstić information content (AvgIpc) is 2.43. The lowest BCUT2D eigenvalue weighted by atomic mass is 10.1. The van der Waals surface area contributed by atoms with E-state index < -0.39 is 11.7 Å². The number of carbonyl (C=O) groups is 1. The molecule has 6 heteroatoms. The van der Waals surface area contributed by atoms with E-state index in [1.54, 1.807) is 0 Å². The van der Waals surface area contributed by atoms with Crippen molar-refractivity contribution in [2.24, 2.45) is 5.92 Å². The molecule has 1 aromatic rings. The van der Waals surface area contributed by atoms with Crippen molar-refractivity contribution in [2.75, 3.05) is 11.9 Å². The van der Waals surface area contributed by atoms with Gasteiger partial charge in [0.05, 0.1) is 12.0 Å². The third-order valence-corrected chi connectivity index (χ3v) is 4.21. The minimum atomic E-state index is -4.34. The quantitative estimate of drug-likeness (QED) is 0.570. The van der Waals surface area contributed by atoms with Crippen LogP contribution in [0.4, 0.5) is 13.2 Å². The third kappa shape index (κ3) is 6.98. The van der Waals surface area contributed by atoms with Gasteiger partial charge in [-0.3, -0.25) is 4.79 Å². The number of hydrogen-bond donors (Lipinski definition) is 1. The topological polar surface area (TPSA) is 29.1 Å².